The van der Waals surface area contributed by atoms with Gasteiger partial charge in [0.1, 0.15) is 11.8 Å². The van der Waals surface area contributed by atoms with Gasteiger partial charge < -0.3 is 10.1 Å². The number of hydrogen-bond donors (Lipinski definition) is 1. The molecule has 0 radical (unpaired) electrons. The second-order valence-corrected chi connectivity index (χ2v) is 5.18. The molecule has 0 aromatic heterocycles. The van der Waals surface area contributed by atoms with Crippen molar-refractivity contribution in [1.29, 1.82) is 5.26 Å². The largest absolute Gasteiger partial charge is 0.479 e. The normalized spacial score (nSPS) is 11.7. The minimum atomic E-state index is 0.0728. The average Bonchev–Trinajstić information content (AvgIpc) is 2.51. The van der Waals surface area contributed by atoms with Crippen LogP contribution in [0.1, 0.15) is 24.1 Å². The minimum Gasteiger partial charge on any atom is -0.479 e. The first kappa shape index (κ1) is 15.4. The lowest BCUT2D eigenvalue weighted by Gasteiger charge is -2.14. The molecule has 108 valence electrons. The van der Waals surface area contributed by atoms with Gasteiger partial charge in [0.05, 0.1) is 0 Å². The zero-order valence-corrected chi connectivity index (χ0v) is 12.6. The van der Waals surface area contributed by atoms with Crippen molar-refractivity contribution >= 4 is 11.6 Å². The first-order valence-electron chi connectivity index (χ1n) is 6.76. The van der Waals surface area contributed by atoms with E-state index in [-0.39, 0.29) is 12.6 Å². The molecule has 2 aromatic carbocycles. The second-order valence-electron chi connectivity index (χ2n) is 4.75. The van der Waals surface area contributed by atoms with Crippen molar-refractivity contribution in [2.75, 3.05) is 6.61 Å². The van der Waals surface area contributed by atoms with Crippen molar-refractivity contribution in [1.82, 2.24) is 5.32 Å². The summed E-state index contributed by atoms with van der Waals surface area (Å²) in [5, 5.41) is 12.7. The minimum absolute atomic E-state index is 0.0728. The molecule has 21 heavy (non-hydrogen) atoms. The van der Waals surface area contributed by atoms with Crippen LogP contribution in [0.2, 0.25) is 5.02 Å². The van der Waals surface area contributed by atoms with Gasteiger partial charge in [0.15, 0.2) is 6.61 Å². The predicted octanol–water partition coefficient (Wildman–Crippen LogP) is 4.09. The van der Waals surface area contributed by atoms with E-state index in [0.717, 1.165) is 22.7 Å². The Labute approximate surface area is 130 Å². The number of nitriles is 1. The van der Waals surface area contributed by atoms with Crippen LogP contribution < -0.4 is 10.1 Å². The van der Waals surface area contributed by atoms with Crippen LogP contribution in [0.5, 0.6) is 5.75 Å². The Hall–Kier alpha value is -2.02. The van der Waals surface area contributed by atoms with E-state index in [1.165, 1.54) is 0 Å². The fraction of sp³-hybridized carbons (Fsp3) is 0.235. The van der Waals surface area contributed by atoms with Crippen molar-refractivity contribution in [3.63, 3.8) is 0 Å². The summed E-state index contributed by atoms with van der Waals surface area (Å²) >= 11 is 6.00. The first-order chi connectivity index (χ1) is 10.2. The summed E-state index contributed by atoms with van der Waals surface area (Å²) in [4.78, 5) is 0. The molecule has 0 aliphatic heterocycles. The molecule has 0 heterocycles. The summed E-state index contributed by atoms with van der Waals surface area (Å²) in [5.41, 5.74) is 2.32. The number of nitrogens with one attached hydrogen (secondary N) is 1. The molecule has 0 unspecified atom stereocenters. The molecular weight excluding hydrogens is 284 g/mol. The van der Waals surface area contributed by atoms with E-state index in [2.05, 4.69) is 18.3 Å². The highest BCUT2D eigenvalue weighted by molar-refractivity contribution is 6.30. The van der Waals surface area contributed by atoms with Crippen LogP contribution in [0.4, 0.5) is 0 Å². The van der Waals surface area contributed by atoms with Gasteiger partial charge in [0.25, 0.3) is 0 Å². The molecule has 0 aliphatic carbocycles. The number of rotatable bonds is 6. The standard InChI is InChI=1S/C17H17ClN2O/c1-13(15-3-2-4-16(18)11-15)20-12-14-5-7-17(8-6-14)21-10-9-19/h2-8,11,13,20H,10,12H2,1H3/t13-/m0/s1. The number of benzene rings is 2. The molecule has 2 rings (SSSR count). The molecule has 4 heteroatoms. The van der Waals surface area contributed by atoms with Crippen molar-refractivity contribution in [3.05, 3.63) is 64.7 Å². The topological polar surface area (TPSA) is 45.0 Å². The summed E-state index contributed by atoms with van der Waals surface area (Å²) < 4.78 is 5.22. The van der Waals surface area contributed by atoms with Gasteiger partial charge in [-0.2, -0.15) is 5.26 Å². The lowest BCUT2D eigenvalue weighted by molar-refractivity contribution is 0.368. The molecule has 0 saturated heterocycles. The van der Waals surface area contributed by atoms with E-state index in [1.807, 2.05) is 48.5 Å². The number of hydrogen-bond acceptors (Lipinski definition) is 3. The van der Waals surface area contributed by atoms with Crippen molar-refractivity contribution in [2.24, 2.45) is 0 Å². The third-order valence-electron chi connectivity index (χ3n) is 3.19. The highest BCUT2D eigenvalue weighted by Gasteiger charge is 2.05. The third-order valence-corrected chi connectivity index (χ3v) is 3.42. The van der Waals surface area contributed by atoms with E-state index in [4.69, 9.17) is 21.6 Å². The molecule has 0 saturated carbocycles. The number of ether oxygens (including phenoxy) is 1. The Morgan fingerprint density at radius 2 is 2.00 bits per heavy atom. The van der Waals surface area contributed by atoms with Crippen LogP contribution in [-0.2, 0) is 6.54 Å². The Morgan fingerprint density at radius 3 is 2.67 bits per heavy atom. The number of nitrogens with zero attached hydrogens (tertiary/aromatic N) is 1. The Kier molecular flexibility index (Phi) is 5.62. The van der Waals surface area contributed by atoms with E-state index in [0.29, 0.717) is 5.75 Å². The molecule has 1 N–H and O–H groups in total. The van der Waals surface area contributed by atoms with Crippen LogP contribution in [0.15, 0.2) is 48.5 Å². The van der Waals surface area contributed by atoms with Crippen molar-refractivity contribution in [2.45, 2.75) is 19.5 Å². The predicted molar refractivity (Wildman–Crippen MR) is 84.3 cm³/mol. The molecule has 2 aromatic rings. The van der Waals surface area contributed by atoms with Gasteiger partial charge in [0, 0.05) is 17.6 Å². The highest BCUT2D eigenvalue weighted by atomic mass is 35.5. The Balaban J connectivity index is 1.89. The summed E-state index contributed by atoms with van der Waals surface area (Å²) in [6.45, 7) is 2.94. The SMILES string of the molecule is C[C@H](NCc1ccc(OCC#N)cc1)c1cccc(Cl)c1. The summed E-state index contributed by atoms with van der Waals surface area (Å²) in [6, 6.07) is 17.8. The van der Waals surface area contributed by atoms with E-state index in [9.17, 15) is 0 Å². The molecule has 0 fully saturated rings. The summed E-state index contributed by atoms with van der Waals surface area (Å²) in [7, 11) is 0. The van der Waals surface area contributed by atoms with Gasteiger partial charge >= 0.3 is 0 Å². The van der Waals surface area contributed by atoms with E-state index < -0.39 is 0 Å². The van der Waals surface area contributed by atoms with Crippen molar-refractivity contribution < 1.29 is 4.74 Å². The van der Waals surface area contributed by atoms with Crippen LogP contribution in [0, 0.1) is 11.3 Å². The third kappa shape index (κ3) is 4.78. The molecule has 0 amide bonds. The van der Waals surface area contributed by atoms with Gasteiger partial charge in [-0.1, -0.05) is 35.9 Å². The molecular formula is C17H17ClN2O. The zero-order valence-electron chi connectivity index (χ0n) is 11.8. The van der Waals surface area contributed by atoms with E-state index in [1.54, 1.807) is 0 Å². The lowest BCUT2D eigenvalue weighted by Crippen LogP contribution is -2.17. The zero-order chi connectivity index (χ0) is 15.1. The van der Waals surface area contributed by atoms with Gasteiger partial charge in [-0.05, 0) is 42.3 Å². The maximum absolute atomic E-state index is 8.46. The fourth-order valence-electron chi connectivity index (χ4n) is 1.98. The Bertz CT molecular complexity index is 619. The second kappa shape index (κ2) is 7.68. The Morgan fingerprint density at radius 1 is 1.24 bits per heavy atom. The fourth-order valence-corrected chi connectivity index (χ4v) is 2.18. The van der Waals surface area contributed by atoms with Crippen LogP contribution in [-0.4, -0.2) is 6.61 Å². The summed E-state index contributed by atoms with van der Waals surface area (Å²) in [6.07, 6.45) is 0. The van der Waals surface area contributed by atoms with Gasteiger partial charge in [0.2, 0.25) is 0 Å². The molecule has 0 spiro atoms. The van der Waals surface area contributed by atoms with Gasteiger partial charge in [-0.3, -0.25) is 0 Å². The monoisotopic (exact) mass is 300 g/mol. The highest BCUT2D eigenvalue weighted by Crippen LogP contribution is 2.18. The smallest absolute Gasteiger partial charge is 0.174 e. The first-order valence-corrected chi connectivity index (χ1v) is 7.14. The maximum atomic E-state index is 8.46. The van der Waals surface area contributed by atoms with Crippen molar-refractivity contribution in [3.8, 4) is 11.8 Å². The molecule has 0 aliphatic rings. The lowest BCUT2D eigenvalue weighted by atomic mass is 10.1. The van der Waals surface area contributed by atoms with Crippen LogP contribution >= 0.6 is 11.6 Å². The quantitative estimate of drug-likeness (QED) is 0.874. The van der Waals surface area contributed by atoms with Crippen LogP contribution in [0.3, 0.4) is 0 Å². The maximum Gasteiger partial charge on any atom is 0.174 e. The van der Waals surface area contributed by atoms with E-state index >= 15 is 0 Å². The molecule has 1 atom stereocenters. The molecule has 0 bridgehead atoms. The van der Waals surface area contributed by atoms with Gasteiger partial charge in [-0.25, -0.2) is 0 Å². The molecule has 3 nitrogen and oxygen atoms in total. The van der Waals surface area contributed by atoms with Gasteiger partial charge in [-0.15, -0.1) is 0 Å². The number of halogens is 1. The average molecular weight is 301 g/mol. The summed E-state index contributed by atoms with van der Waals surface area (Å²) in [5.74, 6) is 0.711. The van der Waals surface area contributed by atoms with Crippen LogP contribution in [0.25, 0.3) is 0 Å².